The first-order valence-corrected chi connectivity index (χ1v) is 13.6. The van der Waals surface area contributed by atoms with Crippen LogP contribution in [0.5, 0.6) is 0 Å². The lowest BCUT2D eigenvalue weighted by molar-refractivity contribution is 0.0377. The second-order valence-electron chi connectivity index (χ2n) is 10.7. The predicted octanol–water partition coefficient (Wildman–Crippen LogP) is 5.65. The molecular weight excluding hydrogens is 496 g/mol. The first-order chi connectivity index (χ1) is 18.3. The molecule has 0 spiro atoms. The fourth-order valence-corrected chi connectivity index (χ4v) is 5.46. The maximum Gasteiger partial charge on any atom is 0.103 e. The molecule has 4 N–H and O–H groups in total. The summed E-state index contributed by atoms with van der Waals surface area (Å²) in [5.41, 5.74) is 18.1. The minimum atomic E-state index is -0.438. The largest absolute Gasteiger partial charge is 0.373 e. The van der Waals surface area contributed by atoms with Crippen LogP contribution in [0, 0.1) is 18.3 Å². The van der Waals surface area contributed by atoms with Crippen LogP contribution in [0.2, 0.25) is 0 Å². The van der Waals surface area contributed by atoms with E-state index in [1.165, 1.54) is 12.8 Å². The summed E-state index contributed by atoms with van der Waals surface area (Å²) in [6.07, 6.45) is 6.12. The van der Waals surface area contributed by atoms with Crippen molar-refractivity contribution in [3.8, 4) is 6.07 Å². The lowest BCUT2D eigenvalue weighted by Gasteiger charge is -2.24. The van der Waals surface area contributed by atoms with Crippen LogP contribution in [0.25, 0.3) is 21.1 Å². The summed E-state index contributed by atoms with van der Waals surface area (Å²) >= 11 is 1.64. The number of benzene rings is 2. The van der Waals surface area contributed by atoms with Crippen LogP contribution in [0.15, 0.2) is 53.9 Å². The average molecular weight is 527 g/mol. The molecule has 1 atom stereocenters. The van der Waals surface area contributed by atoms with Crippen molar-refractivity contribution in [3.05, 3.63) is 70.6 Å². The molecule has 0 unspecified atom stereocenters. The third-order valence-electron chi connectivity index (χ3n) is 6.61. The summed E-state index contributed by atoms with van der Waals surface area (Å²) in [6.45, 7) is 7.90. The number of thiazole rings is 1. The van der Waals surface area contributed by atoms with Gasteiger partial charge in [0.05, 0.1) is 49.8 Å². The van der Waals surface area contributed by atoms with Gasteiger partial charge in [0.1, 0.15) is 6.07 Å². The highest BCUT2D eigenvalue weighted by Crippen LogP contribution is 2.37. The molecule has 194 valence electrons. The third-order valence-corrected chi connectivity index (χ3v) is 7.50. The Hall–Kier alpha value is -3.91. The van der Waals surface area contributed by atoms with E-state index in [2.05, 4.69) is 61.1 Å². The van der Waals surface area contributed by atoms with Crippen LogP contribution in [-0.4, -0.2) is 26.6 Å². The van der Waals surface area contributed by atoms with Crippen molar-refractivity contribution in [3.63, 3.8) is 0 Å². The molecule has 1 aliphatic carbocycles. The monoisotopic (exact) mass is 526 g/mol. The van der Waals surface area contributed by atoms with E-state index in [1.54, 1.807) is 17.5 Å². The minimum absolute atomic E-state index is 0.165. The molecule has 1 saturated carbocycles. The number of hydrogen-bond donors (Lipinski definition) is 4. The maximum absolute atomic E-state index is 9.81. The number of anilines is 2. The molecular formula is C28H30N8OS. The van der Waals surface area contributed by atoms with Crippen molar-refractivity contribution < 1.29 is 4.84 Å². The van der Waals surface area contributed by atoms with Gasteiger partial charge in [-0.2, -0.15) is 5.26 Å². The first kappa shape index (κ1) is 24.4. The highest BCUT2D eigenvalue weighted by atomic mass is 32.1. The quantitative estimate of drug-likeness (QED) is 0.227. The molecule has 10 heteroatoms. The smallest absolute Gasteiger partial charge is 0.103 e. The number of nitrogens with zero attached hydrogens (tertiary/aromatic N) is 4. The lowest BCUT2D eigenvalue weighted by Crippen LogP contribution is -2.38. The Morgan fingerprint density at radius 2 is 2.08 bits per heavy atom. The van der Waals surface area contributed by atoms with E-state index >= 15 is 0 Å². The molecule has 9 nitrogen and oxygen atoms in total. The second kappa shape index (κ2) is 9.44. The van der Waals surface area contributed by atoms with Crippen molar-refractivity contribution in [1.29, 1.82) is 5.26 Å². The minimum Gasteiger partial charge on any atom is -0.373 e. The van der Waals surface area contributed by atoms with Crippen molar-refractivity contribution in [2.24, 2.45) is 0 Å². The Morgan fingerprint density at radius 1 is 1.24 bits per heavy atom. The number of aromatic nitrogens is 2. The molecule has 0 saturated heterocycles. The van der Waals surface area contributed by atoms with Gasteiger partial charge in [-0.1, -0.05) is 12.1 Å². The predicted molar refractivity (Wildman–Crippen MR) is 151 cm³/mol. The topological polar surface area (TPSA) is 110 Å². The van der Waals surface area contributed by atoms with Gasteiger partial charge in [0.25, 0.3) is 0 Å². The van der Waals surface area contributed by atoms with Gasteiger partial charge in [-0.3, -0.25) is 20.3 Å². The molecule has 38 heavy (non-hydrogen) atoms. The van der Waals surface area contributed by atoms with Crippen molar-refractivity contribution in [2.75, 3.05) is 10.8 Å². The van der Waals surface area contributed by atoms with E-state index in [1.807, 2.05) is 51.4 Å². The molecule has 3 heterocycles. The molecule has 1 aliphatic heterocycles. The first-order valence-electron chi connectivity index (χ1n) is 12.7. The van der Waals surface area contributed by atoms with Crippen LogP contribution in [0.4, 0.5) is 11.4 Å². The van der Waals surface area contributed by atoms with E-state index in [9.17, 15) is 5.26 Å². The summed E-state index contributed by atoms with van der Waals surface area (Å²) in [7, 11) is 0. The summed E-state index contributed by atoms with van der Waals surface area (Å²) in [5.74, 6) is 0. The molecule has 6 rings (SSSR count). The van der Waals surface area contributed by atoms with E-state index < -0.39 is 5.60 Å². The third kappa shape index (κ3) is 4.72. The molecule has 0 bridgehead atoms. The van der Waals surface area contributed by atoms with Crippen molar-refractivity contribution in [1.82, 2.24) is 25.9 Å². The molecule has 2 aliphatic rings. The molecule has 0 radical (unpaired) electrons. The number of fused-ring (bicyclic) bond motifs is 2. The highest BCUT2D eigenvalue weighted by molar-refractivity contribution is 7.17. The van der Waals surface area contributed by atoms with Crippen LogP contribution < -0.4 is 21.8 Å². The van der Waals surface area contributed by atoms with Gasteiger partial charge in [0.15, 0.2) is 0 Å². The van der Waals surface area contributed by atoms with Crippen LogP contribution in [-0.2, 0) is 4.84 Å². The number of nitriles is 1. The number of nitrogens with one attached hydrogen (secondary N) is 4. The zero-order valence-electron chi connectivity index (χ0n) is 21.8. The second-order valence-corrected chi connectivity index (χ2v) is 11.6. The number of aryl methyl sites for hydroxylation is 1. The lowest BCUT2D eigenvalue weighted by atomic mass is 10.0. The molecule has 1 fully saturated rings. The Morgan fingerprint density at radius 3 is 2.84 bits per heavy atom. The van der Waals surface area contributed by atoms with Gasteiger partial charge < -0.3 is 10.7 Å². The zero-order chi connectivity index (χ0) is 26.4. The van der Waals surface area contributed by atoms with Crippen LogP contribution >= 0.6 is 11.3 Å². The number of rotatable bonds is 7. The van der Waals surface area contributed by atoms with Gasteiger partial charge in [-0.15, -0.1) is 16.9 Å². The van der Waals surface area contributed by atoms with Gasteiger partial charge >= 0.3 is 0 Å². The number of hydrogen-bond acceptors (Lipinski definition) is 10. The zero-order valence-corrected chi connectivity index (χ0v) is 22.6. The summed E-state index contributed by atoms with van der Waals surface area (Å²) < 4.78 is 1.14. The normalized spacial score (nSPS) is 16.3. The van der Waals surface area contributed by atoms with E-state index in [4.69, 9.17) is 4.84 Å². The van der Waals surface area contributed by atoms with Gasteiger partial charge in [0, 0.05) is 29.5 Å². The number of hydrazine groups is 2. The van der Waals surface area contributed by atoms with E-state index in [0.29, 0.717) is 17.3 Å². The Balaban J connectivity index is 1.44. The molecule has 4 aromatic rings. The van der Waals surface area contributed by atoms with Crippen molar-refractivity contribution >= 4 is 43.8 Å². The van der Waals surface area contributed by atoms with Gasteiger partial charge in [-0.05, 0) is 69.9 Å². The fraction of sp³-hybridized carbons (Fsp3) is 0.321. The number of pyridine rings is 1. The standard InChI is InChI=1S/C28H30N8OS/c1-16-10-18(11-21-24(16)30-13-17(12-29)25(21)34-37-28(2,3)4)32-26(23-14-36(35-33-23)19-8-9-19)20-6-5-7-22-27(20)38-15-31-22/h5-7,10-11,13-15,19,26,32-33,35H,8-9H2,1-4H3,(H,30,34)/t26-/m0/s1. The molecule has 0 amide bonds. The summed E-state index contributed by atoms with van der Waals surface area (Å²) in [5, 5.41) is 16.5. The Kier molecular flexibility index (Phi) is 6.07. The fourth-order valence-electron chi connectivity index (χ4n) is 4.63. The van der Waals surface area contributed by atoms with E-state index in [-0.39, 0.29) is 6.04 Å². The summed E-state index contributed by atoms with van der Waals surface area (Å²) in [4.78, 5) is 15.0. The van der Waals surface area contributed by atoms with E-state index in [0.717, 1.165) is 43.6 Å². The van der Waals surface area contributed by atoms with Gasteiger partial charge in [0.2, 0.25) is 0 Å². The Bertz CT molecular complexity index is 1590. The van der Waals surface area contributed by atoms with Crippen molar-refractivity contribution in [2.45, 2.75) is 58.2 Å². The van der Waals surface area contributed by atoms with Crippen LogP contribution in [0.1, 0.15) is 56.3 Å². The van der Waals surface area contributed by atoms with Crippen LogP contribution in [0.3, 0.4) is 0 Å². The maximum atomic E-state index is 9.81. The molecule has 2 aromatic heterocycles. The average Bonchev–Trinajstić information content (AvgIpc) is 3.41. The highest BCUT2D eigenvalue weighted by Gasteiger charge is 2.33. The Labute approximate surface area is 225 Å². The van der Waals surface area contributed by atoms with Gasteiger partial charge in [-0.25, -0.2) is 4.98 Å². The molecule has 2 aromatic carbocycles. The SMILES string of the molecule is Cc1cc(N[C@H](C2=CN(C3CC3)NN2)c2cccc3ncsc23)cc2c(NOC(C)(C)C)c(C#N)cnc12. The summed E-state index contributed by atoms with van der Waals surface area (Å²) in [6, 6.07) is 13.0.